The van der Waals surface area contributed by atoms with Gasteiger partial charge in [-0.25, -0.2) is 0 Å². The third-order valence-corrected chi connectivity index (χ3v) is 6.20. The van der Waals surface area contributed by atoms with Crippen LogP contribution in [0.4, 0.5) is 22.7 Å². The summed E-state index contributed by atoms with van der Waals surface area (Å²) in [7, 11) is 0. The van der Waals surface area contributed by atoms with E-state index in [2.05, 4.69) is 10.2 Å². The van der Waals surface area contributed by atoms with E-state index in [1.807, 2.05) is 43.0 Å². The quantitative estimate of drug-likeness (QED) is 0.176. The Morgan fingerprint density at radius 1 is 0.974 bits per heavy atom. The zero-order chi connectivity index (χ0) is 27.4. The van der Waals surface area contributed by atoms with Crippen molar-refractivity contribution in [3.63, 3.8) is 0 Å². The minimum atomic E-state index is -0.681. The number of nitriles is 2. The standard InChI is InChI=1S/C27H21N7O4/c1-3-32(10-11-33-26(35)22-6-4-5-7-23(22)27(33)36)20-8-9-24(17(2)12-20)30-31-25-18(15-28)13-21(34(37)38)14-19(25)16-29/h4-9,12-14H,3,10-11H2,1-2H3. The van der Waals surface area contributed by atoms with Crippen LogP contribution in [0.25, 0.3) is 0 Å². The minimum absolute atomic E-state index is 0.0415. The van der Waals surface area contributed by atoms with Crippen molar-refractivity contribution >= 4 is 34.6 Å². The number of non-ortho nitro benzene ring substituents is 1. The van der Waals surface area contributed by atoms with Gasteiger partial charge in [0, 0.05) is 37.5 Å². The normalized spacial score (nSPS) is 12.4. The van der Waals surface area contributed by atoms with Crippen LogP contribution in [0.15, 0.2) is 64.8 Å². The highest BCUT2D eigenvalue weighted by molar-refractivity contribution is 6.21. The Bertz CT molecular complexity index is 1510. The van der Waals surface area contributed by atoms with Crippen molar-refractivity contribution in [1.29, 1.82) is 10.5 Å². The van der Waals surface area contributed by atoms with E-state index < -0.39 is 4.92 Å². The Morgan fingerprint density at radius 3 is 2.08 bits per heavy atom. The first-order valence-corrected chi connectivity index (χ1v) is 11.6. The van der Waals surface area contributed by atoms with E-state index in [0.29, 0.717) is 29.9 Å². The lowest BCUT2D eigenvalue weighted by molar-refractivity contribution is -0.384. The number of hydrogen-bond acceptors (Lipinski definition) is 9. The molecule has 11 nitrogen and oxygen atoms in total. The lowest BCUT2D eigenvalue weighted by Gasteiger charge is -2.26. The van der Waals surface area contributed by atoms with Crippen molar-refractivity contribution in [2.24, 2.45) is 10.2 Å². The minimum Gasteiger partial charge on any atom is -0.370 e. The topological polar surface area (TPSA) is 156 Å². The van der Waals surface area contributed by atoms with Crippen LogP contribution in [-0.2, 0) is 0 Å². The van der Waals surface area contributed by atoms with E-state index in [-0.39, 0.29) is 40.9 Å². The lowest BCUT2D eigenvalue weighted by Crippen LogP contribution is -2.38. The smallest absolute Gasteiger partial charge is 0.272 e. The van der Waals surface area contributed by atoms with Gasteiger partial charge in [-0.1, -0.05) is 12.1 Å². The number of fused-ring (bicyclic) bond motifs is 1. The highest BCUT2D eigenvalue weighted by Gasteiger charge is 2.34. The maximum Gasteiger partial charge on any atom is 0.272 e. The summed E-state index contributed by atoms with van der Waals surface area (Å²) in [6, 6.07) is 18.0. The van der Waals surface area contributed by atoms with Crippen molar-refractivity contribution in [1.82, 2.24) is 4.90 Å². The molecule has 0 spiro atoms. The van der Waals surface area contributed by atoms with Gasteiger partial charge < -0.3 is 4.90 Å². The molecule has 0 fully saturated rings. The summed E-state index contributed by atoms with van der Waals surface area (Å²) in [6.45, 7) is 5.08. The molecule has 3 aromatic carbocycles. The number of likely N-dealkylation sites (N-methyl/N-ethyl adjacent to an activating group) is 1. The monoisotopic (exact) mass is 507 g/mol. The third kappa shape index (κ3) is 4.81. The Kier molecular flexibility index (Phi) is 7.21. The molecule has 0 radical (unpaired) electrons. The number of hydrogen-bond donors (Lipinski definition) is 0. The van der Waals surface area contributed by atoms with Crippen LogP contribution >= 0.6 is 0 Å². The SMILES string of the molecule is CCN(CCN1C(=O)c2ccccc2C1=O)c1ccc(N=Nc2c(C#N)cc([N+](=O)[O-])cc2C#N)c(C)c1. The summed E-state index contributed by atoms with van der Waals surface area (Å²) in [6.07, 6.45) is 0. The molecule has 11 heteroatoms. The molecule has 0 saturated heterocycles. The van der Waals surface area contributed by atoms with Crippen LogP contribution in [0, 0.1) is 39.7 Å². The second kappa shape index (κ2) is 10.7. The number of anilines is 1. The van der Waals surface area contributed by atoms with E-state index in [0.717, 1.165) is 23.4 Å². The van der Waals surface area contributed by atoms with Gasteiger partial charge in [-0.3, -0.25) is 24.6 Å². The van der Waals surface area contributed by atoms with E-state index in [1.54, 1.807) is 30.3 Å². The molecule has 0 aromatic heterocycles. The number of rotatable bonds is 8. The number of aryl methyl sites for hydroxylation is 1. The molecule has 1 aliphatic heterocycles. The molecule has 188 valence electrons. The average molecular weight is 508 g/mol. The Morgan fingerprint density at radius 2 is 1.58 bits per heavy atom. The number of nitrogens with zero attached hydrogens (tertiary/aromatic N) is 7. The summed E-state index contributed by atoms with van der Waals surface area (Å²) in [5.41, 5.74) is 2.25. The van der Waals surface area contributed by atoms with Gasteiger partial charge in [-0.15, -0.1) is 5.11 Å². The summed E-state index contributed by atoms with van der Waals surface area (Å²) in [5.74, 6) is -0.596. The first kappa shape index (κ1) is 25.7. The number of benzene rings is 3. The fourth-order valence-electron chi connectivity index (χ4n) is 4.19. The van der Waals surface area contributed by atoms with Gasteiger partial charge in [0.05, 0.1) is 32.9 Å². The second-order valence-corrected chi connectivity index (χ2v) is 8.43. The molecular weight excluding hydrogens is 486 g/mol. The molecule has 0 unspecified atom stereocenters. The van der Waals surface area contributed by atoms with Crippen LogP contribution in [0.2, 0.25) is 0 Å². The Balaban J connectivity index is 1.52. The van der Waals surface area contributed by atoms with Gasteiger partial charge in [0.1, 0.15) is 17.8 Å². The van der Waals surface area contributed by atoms with Gasteiger partial charge >= 0.3 is 0 Å². The molecule has 38 heavy (non-hydrogen) atoms. The molecule has 2 amide bonds. The number of azo groups is 1. The van der Waals surface area contributed by atoms with Crippen LogP contribution < -0.4 is 4.90 Å². The van der Waals surface area contributed by atoms with Crippen LogP contribution in [-0.4, -0.2) is 41.3 Å². The largest absolute Gasteiger partial charge is 0.370 e. The van der Waals surface area contributed by atoms with Gasteiger partial charge in [-0.2, -0.15) is 15.6 Å². The van der Waals surface area contributed by atoms with Crippen LogP contribution in [0.1, 0.15) is 44.3 Å². The Hall–Kier alpha value is -5.42. The summed E-state index contributed by atoms with van der Waals surface area (Å²) in [5, 5.41) is 38.1. The molecule has 3 aromatic rings. The first-order chi connectivity index (χ1) is 18.3. The van der Waals surface area contributed by atoms with Gasteiger partial charge in [0.25, 0.3) is 17.5 Å². The molecule has 1 heterocycles. The number of amides is 2. The number of imide groups is 1. The third-order valence-electron chi connectivity index (χ3n) is 6.20. The summed E-state index contributed by atoms with van der Waals surface area (Å²) >= 11 is 0. The summed E-state index contributed by atoms with van der Waals surface area (Å²) in [4.78, 5) is 39.0. The predicted molar refractivity (Wildman–Crippen MR) is 138 cm³/mol. The maximum atomic E-state index is 12.7. The first-order valence-electron chi connectivity index (χ1n) is 11.6. The van der Waals surface area contributed by atoms with Crippen molar-refractivity contribution in [3.8, 4) is 12.1 Å². The average Bonchev–Trinajstić information content (AvgIpc) is 3.17. The number of carbonyl (C=O) groups is 2. The molecule has 0 aliphatic carbocycles. The highest BCUT2D eigenvalue weighted by Crippen LogP contribution is 2.32. The van der Waals surface area contributed by atoms with Gasteiger partial charge in [-0.05, 0) is 49.7 Å². The zero-order valence-corrected chi connectivity index (χ0v) is 20.6. The highest BCUT2D eigenvalue weighted by atomic mass is 16.6. The fourth-order valence-corrected chi connectivity index (χ4v) is 4.19. The van der Waals surface area contributed by atoms with Crippen LogP contribution in [0.3, 0.4) is 0 Å². The number of carbonyl (C=O) groups excluding carboxylic acids is 2. The molecule has 0 bridgehead atoms. The lowest BCUT2D eigenvalue weighted by atomic mass is 10.1. The second-order valence-electron chi connectivity index (χ2n) is 8.43. The molecule has 0 saturated carbocycles. The number of nitro benzene ring substituents is 1. The zero-order valence-electron chi connectivity index (χ0n) is 20.6. The molecular formula is C27H21N7O4. The van der Waals surface area contributed by atoms with Crippen molar-refractivity contribution < 1.29 is 14.5 Å². The number of nitro groups is 1. The predicted octanol–water partition coefficient (Wildman–Crippen LogP) is 5.18. The van der Waals surface area contributed by atoms with E-state index in [1.165, 1.54) is 4.90 Å². The van der Waals surface area contributed by atoms with Crippen molar-refractivity contribution in [2.45, 2.75) is 13.8 Å². The van der Waals surface area contributed by atoms with E-state index in [9.17, 15) is 30.2 Å². The summed E-state index contributed by atoms with van der Waals surface area (Å²) < 4.78 is 0. The van der Waals surface area contributed by atoms with E-state index in [4.69, 9.17) is 0 Å². The fraction of sp³-hybridized carbons (Fsp3) is 0.185. The van der Waals surface area contributed by atoms with Gasteiger partial charge in [0.2, 0.25) is 0 Å². The van der Waals surface area contributed by atoms with Crippen LogP contribution in [0.5, 0.6) is 0 Å². The van der Waals surface area contributed by atoms with Crippen molar-refractivity contribution in [3.05, 3.63) is 92.5 Å². The maximum absolute atomic E-state index is 12.7. The molecule has 0 atom stereocenters. The van der Waals surface area contributed by atoms with E-state index >= 15 is 0 Å². The molecule has 0 N–H and O–H groups in total. The van der Waals surface area contributed by atoms with Crippen molar-refractivity contribution in [2.75, 3.05) is 24.5 Å². The van der Waals surface area contributed by atoms with Gasteiger partial charge in [0.15, 0.2) is 0 Å². The molecule has 1 aliphatic rings. The molecule has 4 rings (SSSR count). The Labute approximate surface area is 218 Å².